The minimum Gasteiger partial charge on any atom is -0.328 e. The molecular formula is C20H17ClN6S. The molecule has 0 spiro atoms. The Kier molecular flexibility index (Phi) is 5.07. The number of aromatic nitrogens is 5. The third kappa shape index (κ3) is 3.49. The first kappa shape index (κ1) is 18.5. The first-order valence-electron chi connectivity index (χ1n) is 8.73. The fourth-order valence-corrected chi connectivity index (χ4v) is 4.25. The van der Waals surface area contributed by atoms with E-state index in [1.54, 1.807) is 12.5 Å². The van der Waals surface area contributed by atoms with Crippen molar-refractivity contribution in [1.82, 2.24) is 24.5 Å². The molecule has 0 atom stereocenters. The van der Waals surface area contributed by atoms with Crippen LogP contribution in [0.3, 0.4) is 0 Å². The van der Waals surface area contributed by atoms with E-state index >= 15 is 0 Å². The molecule has 28 heavy (non-hydrogen) atoms. The topological polar surface area (TPSA) is 83.2 Å². The van der Waals surface area contributed by atoms with Gasteiger partial charge in [-0.2, -0.15) is 0 Å². The average molecular weight is 409 g/mol. The highest BCUT2D eigenvalue weighted by Crippen LogP contribution is 2.35. The van der Waals surface area contributed by atoms with Gasteiger partial charge in [-0.25, -0.2) is 9.97 Å². The summed E-state index contributed by atoms with van der Waals surface area (Å²) in [6, 6.07) is 5.77. The first-order valence-corrected chi connectivity index (χ1v) is 9.92. The highest BCUT2D eigenvalue weighted by Gasteiger charge is 2.13. The number of nitrogens with one attached hydrogen (secondary N) is 2. The van der Waals surface area contributed by atoms with Crippen LogP contribution in [0.25, 0.3) is 22.1 Å². The summed E-state index contributed by atoms with van der Waals surface area (Å²) >= 11 is 7.77. The summed E-state index contributed by atoms with van der Waals surface area (Å²) in [7, 11) is 0. The number of H-pyrrole nitrogens is 1. The SMILES string of the molecule is C#CCCCn1cnc(=N)c2[nH]c(Sc3cc(Cl)cc4c(C)ccnc34)nc21. The summed E-state index contributed by atoms with van der Waals surface area (Å²) in [4.78, 5) is 17.5. The quantitative estimate of drug-likeness (QED) is 0.380. The lowest BCUT2D eigenvalue weighted by molar-refractivity contribution is 0.653. The number of nitrogens with zero attached hydrogens (tertiary/aromatic N) is 4. The molecule has 0 aliphatic heterocycles. The van der Waals surface area contributed by atoms with Gasteiger partial charge in [-0.3, -0.25) is 10.4 Å². The largest absolute Gasteiger partial charge is 0.328 e. The fraction of sp³-hybridized carbons (Fsp3) is 0.200. The molecule has 3 aromatic heterocycles. The van der Waals surface area contributed by atoms with Crippen LogP contribution in [0.5, 0.6) is 0 Å². The zero-order valence-electron chi connectivity index (χ0n) is 15.2. The minimum atomic E-state index is 0.160. The molecule has 0 aliphatic carbocycles. The van der Waals surface area contributed by atoms with Gasteiger partial charge in [0.2, 0.25) is 0 Å². The molecule has 0 amide bonds. The maximum Gasteiger partial charge on any atom is 0.173 e. The van der Waals surface area contributed by atoms with Crippen LogP contribution < -0.4 is 5.49 Å². The predicted octanol–water partition coefficient (Wildman–Crippen LogP) is 4.31. The molecule has 0 fully saturated rings. The Balaban J connectivity index is 1.77. The van der Waals surface area contributed by atoms with Gasteiger partial charge < -0.3 is 9.55 Å². The van der Waals surface area contributed by atoms with Gasteiger partial charge in [0.25, 0.3) is 0 Å². The molecular weight excluding hydrogens is 392 g/mol. The zero-order valence-corrected chi connectivity index (χ0v) is 16.7. The number of imidazole rings is 1. The second-order valence-electron chi connectivity index (χ2n) is 6.36. The van der Waals surface area contributed by atoms with Gasteiger partial charge in [0.1, 0.15) is 5.52 Å². The number of pyridine rings is 1. The third-order valence-electron chi connectivity index (χ3n) is 4.42. The van der Waals surface area contributed by atoms with Gasteiger partial charge >= 0.3 is 0 Å². The van der Waals surface area contributed by atoms with Gasteiger partial charge in [0, 0.05) is 34.5 Å². The normalized spacial score (nSPS) is 11.2. The van der Waals surface area contributed by atoms with Crippen molar-refractivity contribution in [1.29, 1.82) is 5.41 Å². The van der Waals surface area contributed by atoms with Gasteiger partial charge in [-0.15, -0.1) is 12.3 Å². The van der Waals surface area contributed by atoms with Crippen molar-refractivity contribution in [3.8, 4) is 12.3 Å². The maximum absolute atomic E-state index is 8.09. The van der Waals surface area contributed by atoms with Crippen molar-refractivity contribution < 1.29 is 0 Å². The molecule has 4 rings (SSSR count). The lowest BCUT2D eigenvalue weighted by Crippen LogP contribution is -2.12. The predicted molar refractivity (Wildman–Crippen MR) is 111 cm³/mol. The summed E-state index contributed by atoms with van der Waals surface area (Å²) in [5.74, 6) is 2.64. The van der Waals surface area contributed by atoms with Gasteiger partial charge in [-0.1, -0.05) is 11.6 Å². The van der Waals surface area contributed by atoms with E-state index in [0.717, 1.165) is 27.8 Å². The Morgan fingerprint density at radius 2 is 2.21 bits per heavy atom. The standard InChI is InChI=1S/C20H17ClN6S/c1-3-4-5-8-27-11-24-18(22)17-19(27)26-20(25-17)28-15-10-13(21)9-14-12(2)6-7-23-16(14)15/h1,6-7,9-11,22H,4-5,8H2,2H3,(H,25,26). The van der Waals surface area contributed by atoms with E-state index in [4.69, 9.17) is 28.4 Å². The van der Waals surface area contributed by atoms with Crippen LogP contribution >= 0.6 is 23.4 Å². The first-order chi connectivity index (χ1) is 13.6. The van der Waals surface area contributed by atoms with Crippen LogP contribution in [0.2, 0.25) is 5.02 Å². The second kappa shape index (κ2) is 7.66. The highest BCUT2D eigenvalue weighted by molar-refractivity contribution is 7.99. The number of aryl methyl sites for hydroxylation is 2. The zero-order chi connectivity index (χ0) is 19.7. The van der Waals surface area contributed by atoms with E-state index in [9.17, 15) is 0 Å². The van der Waals surface area contributed by atoms with Crippen LogP contribution in [-0.2, 0) is 6.54 Å². The molecule has 0 radical (unpaired) electrons. The Morgan fingerprint density at radius 1 is 1.36 bits per heavy atom. The molecule has 0 aliphatic rings. The monoisotopic (exact) mass is 408 g/mol. The number of rotatable bonds is 5. The Labute approximate surface area is 170 Å². The minimum absolute atomic E-state index is 0.160. The number of hydrogen-bond acceptors (Lipinski definition) is 5. The molecule has 8 heteroatoms. The summed E-state index contributed by atoms with van der Waals surface area (Å²) < 4.78 is 1.92. The second-order valence-corrected chi connectivity index (χ2v) is 7.83. The molecule has 3 heterocycles. The van der Waals surface area contributed by atoms with Gasteiger partial charge in [0.15, 0.2) is 16.3 Å². The van der Waals surface area contributed by atoms with E-state index in [1.807, 2.05) is 29.7 Å². The smallest absolute Gasteiger partial charge is 0.173 e. The van der Waals surface area contributed by atoms with Crippen LogP contribution in [0.1, 0.15) is 18.4 Å². The van der Waals surface area contributed by atoms with Crippen LogP contribution in [0, 0.1) is 24.7 Å². The number of aromatic amines is 1. The van der Waals surface area contributed by atoms with Crippen LogP contribution in [0.15, 0.2) is 40.8 Å². The van der Waals surface area contributed by atoms with Gasteiger partial charge in [-0.05, 0) is 48.9 Å². The van der Waals surface area contributed by atoms with Crippen molar-refractivity contribution in [3.63, 3.8) is 0 Å². The van der Waals surface area contributed by atoms with Crippen molar-refractivity contribution in [3.05, 3.63) is 46.8 Å². The van der Waals surface area contributed by atoms with Crippen LogP contribution in [-0.4, -0.2) is 24.5 Å². The maximum atomic E-state index is 8.09. The van der Waals surface area contributed by atoms with E-state index in [1.165, 1.54) is 11.8 Å². The lowest BCUT2D eigenvalue weighted by Gasteiger charge is -2.07. The molecule has 0 bridgehead atoms. The number of terminal acetylenes is 1. The Hall–Kier alpha value is -2.82. The van der Waals surface area contributed by atoms with Crippen molar-refractivity contribution >= 4 is 45.4 Å². The summed E-state index contributed by atoms with van der Waals surface area (Å²) in [6.45, 7) is 2.73. The molecule has 6 nitrogen and oxygen atoms in total. The third-order valence-corrected chi connectivity index (χ3v) is 5.55. The van der Waals surface area contributed by atoms with Crippen molar-refractivity contribution in [2.45, 2.75) is 36.4 Å². The molecule has 0 saturated carbocycles. The average Bonchev–Trinajstić information content (AvgIpc) is 3.09. The Morgan fingerprint density at radius 3 is 3.04 bits per heavy atom. The van der Waals surface area contributed by atoms with E-state index in [0.29, 0.717) is 34.3 Å². The van der Waals surface area contributed by atoms with Crippen molar-refractivity contribution in [2.75, 3.05) is 0 Å². The highest BCUT2D eigenvalue weighted by atomic mass is 35.5. The molecule has 140 valence electrons. The Bertz CT molecular complexity index is 1280. The number of benzene rings is 1. The number of hydrogen-bond donors (Lipinski definition) is 2. The number of halogens is 1. The fourth-order valence-electron chi connectivity index (χ4n) is 3.03. The molecule has 1 aromatic carbocycles. The van der Waals surface area contributed by atoms with E-state index in [-0.39, 0.29) is 5.49 Å². The number of unbranched alkanes of at least 4 members (excludes halogenated alkanes) is 1. The molecule has 0 unspecified atom stereocenters. The molecule has 0 saturated heterocycles. The lowest BCUT2D eigenvalue weighted by atomic mass is 10.1. The van der Waals surface area contributed by atoms with Gasteiger partial charge in [0.05, 0.1) is 11.8 Å². The summed E-state index contributed by atoms with van der Waals surface area (Å²) in [6.07, 6.45) is 10.3. The van der Waals surface area contributed by atoms with Crippen LogP contribution in [0.4, 0.5) is 0 Å². The molecule has 4 aromatic rings. The van der Waals surface area contributed by atoms with E-state index in [2.05, 4.69) is 20.9 Å². The summed E-state index contributed by atoms with van der Waals surface area (Å²) in [5, 5.41) is 10.4. The summed E-state index contributed by atoms with van der Waals surface area (Å²) in [5.41, 5.74) is 3.44. The van der Waals surface area contributed by atoms with Crippen molar-refractivity contribution in [2.24, 2.45) is 0 Å². The van der Waals surface area contributed by atoms with E-state index < -0.39 is 0 Å². The number of fused-ring (bicyclic) bond motifs is 2. The molecule has 2 N–H and O–H groups in total.